The minimum absolute atomic E-state index is 0.0587. The monoisotopic (exact) mass is 277 g/mol. The smallest absolute Gasteiger partial charge is 0.326 e. The maximum Gasteiger partial charge on any atom is 0.326 e. The Morgan fingerprint density at radius 1 is 1.20 bits per heavy atom. The summed E-state index contributed by atoms with van der Waals surface area (Å²) in [5.41, 5.74) is 0. The molecule has 1 aliphatic heterocycles. The van der Waals surface area contributed by atoms with Crippen LogP contribution >= 0.6 is 0 Å². The van der Waals surface area contributed by atoms with E-state index in [9.17, 15) is 14.7 Å². The first kappa shape index (κ1) is 13.7. The number of carboxylic acids is 1. The van der Waals surface area contributed by atoms with Gasteiger partial charge in [0.25, 0.3) is 0 Å². The highest BCUT2D eigenvalue weighted by Gasteiger charge is 2.47. The van der Waals surface area contributed by atoms with Crippen LogP contribution < -0.4 is 0 Å². The molecular weight excluding hydrogens is 254 g/mol. The largest absolute Gasteiger partial charge is 0.480 e. The van der Waals surface area contributed by atoms with E-state index in [0.717, 1.165) is 32.1 Å². The number of likely N-dealkylation sites (tertiary alicyclic amines) is 1. The first-order valence-electron chi connectivity index (χ1n) is 7.87. The van der Waals surface area contributed by atoms with Gasteiger partial charge in [-0.1, -0.05) is 25.0 Å². The molecule has 3 aliphatic rings. The van der Waals surface area contributed by atoms with Crippen LogP contribution in [0.2, 0.25) is 0 Å². The maximum absolute atomic E-state index is 12.6. The predicted molar refractivity (Wildman–Crippen MR) is 75.1 cm³/mol. The number of nitrogens with zero attached hydrogens (tertiary/aromatic N) is 1. The number of carboxylic acid groups (broad SMARTS) is 1. The molecule has 3 rings (SSSR count). The van der Waals surface area contributed by atoms with Crippen LogP contribution in [0, 0.1) is 11.8 Å². The fourth-order valence-corrected chi connectivity index (χ4v) is 4.23. The minimum atomic E-state index is -0.824. The zero-order valence-electron chi connectivity index (χ0n) is 11.8. The van der Waals surface area contributed by atoms with E-state index in [1.807, 2.05) is 0 Å². The molecule has 1 saturated carbocycles. The molecule has 0 radical (unpaired) electrons. The number of hydrogen-bond acceptors (Lipinski definition) is 2. The van der Waals surface area contributed by atoms with Gasteiger partial charge in [-0.25, -0.2) is 4.79 Å². The van der Waals surface area contributed by atoms with Crippen LogP contribution in [-0.2, 0) is 9.59 Å². The van der Waals surface area contributed by atoms with E-state index >= 15 is 0 Å². The van der Waals surface area contributed by atoms with E-state index < -0.39 is 12.0 Å². The van der Waals surface area contributed by atoms with Crippen LogP contribution in [0.25, 0.3) is 0 Å². The van der Waals surface area contributed by atoms with E-state index in [4.69, 9.17) is 0 Å². The number of rotatable bonds is 3. The van der Waals surface area contributed by atoms with Crippen molar-refractivity contribution in [2.75, 3.05) is 0 Å². The van der Waals surface area contributed by atoms with Crippen molar-refractivity contribution in [3.63, 3.8) is 0 Å². The molecule has 20 heavy (non-hydrogen) atoms. The Balaban J connectivity index is 1.74. The Kier molecular flexibility index (Phi) is 3.81. The lowest BCUT2D eigenvalue weighted by Gasteiger charge is -2.33. The highest BCUT2D eigenvalue weighted by molar-refractivity contribution is 5.85. The molecule has 0 aromatic carbocycles. The fraction of sp³-hybridized carbons (Fsp3) is 0.750. The van der Waals surface area contributed by atoms with E-state index in [2.05, 4.69) is 12.2 Å². The van der Waals surface area contributed by atoms with Crippen molar-refractivity contribution >= 4 is 11.9 Å². The van der Waals surface area contributed by atoms with Crippen molar-refractivity contribution in [1.82, 2.24) is 4.90 Å². The number of fused-ring (bicyclic) bond motifs is 1. The van der Waals surface area contributed by atoms with E-state index in [1.165, 1.54) is 6.42 Å². The molecule has 0 bridgehead atoms. The summed E-state index contributed by atoms with van der Waals surface area (Å²) < 4.78 is 0. The van der Waals surface area contributed by atoms with E-state index in [1.54, 1.807) is 4.90 Å². The molecule has 1 amide bonds. The zero-order valence-corrected chi connectivity index (χ0v) is 11.8. The molecule has 2 aliphatic carbocycles. The molecule has 4 heteroatoms. The van der Waals surface area contributed by atoms with E-state index in [0.29, 0.717) is 24.7 Å². The van der Waals surface area contributed by atoms with Crippen LogP contribution in [0.4, 0.5) is 0 Å². The molecule has 1 saturated heterocycles. The van der Waals surface area contributed by atoms with Gasteiger partial charge in [0.05, 0.1) is 0 Å². The standard InChI is InChI=1S/C16H23NO3/c18-15(9-11-5-1-2-6-11)17-13-8-4-3-7-12(13)10-14(17)16(19)20/h1,5,11-14H,2-4,6-10H2,(H,19,20)/t11-,12+,13-,14+/m1/s1. The third-order valence-corrected chi connectivity index (χ3v) is 5.21. The molecule has 0 unspecified atom stereocenters. The van der Waals surface area contributed by atoms with Gasteiger partial charge in [-0.15, -0.1) is 0 Å². The molecule has 110 valence electrons. The summed E-state index contributed by atoms with van der Waals surface area (Å²) in [6.45, 7) is 0. The van der Waals surface area contributed by atoms with Gasteiger partial charge in [-0.3, -0.25) is 4.79 Å². The van der Waals surface area contributed by atoms with Crippen molar-refractivity contribution in [2.24, 2.45) is 11.8 Å². The van der Waals surface area contributed by atoms with Gasteiger partial charge < -0.3 is 10.0 Å². The zero-order chi connectivity index (χ0) is 14.1. The summed E-state index contributed by atoms with van der Waals surface area (Å²) in [5.74, 6) is -0.0365. The van der Waals surface area contributed by atoms with Crippen LogP contribution in [0.15, 0.2) is 12.2 Å². The first-order valence-corrected chi connectivity index (χ1v) is 7.87. The lowest BCUT2D eigenvalue weighted by atomic mass is 9.84. The number of hydrogen-bond donors (Lipinski definition) is 1. The molecule has 0 aromatic heterocycles. The fourth-order valence-electron chi connectivity index (χ4n) is 4.23. The van der Waals surface area contributed by atoms with Crippen LogP contribution in [0.1, 0.15) is 51.4 Å². The molecule has 4 atom stereocenters. The molecule has 1 N–H and O–H groups in total. The topological polar surface area (TPSA) is 57.6 Å². The number of amides is 1. The third-order valence-electron chi connectivity index (χ3n) is 5.21. The quantitative estimate of drug-likeness (QED) is 0.807. The highest BCUT2D eigenvalue weighted by Crippen LogP contribution is 2.40. The Morgan fingerprint density at radius 2 is 2.00 bits per heavy atom. The molecule has 0 aromatic rings. The second-order valence-electron chi connectivity index (χ2n) is 6.47. The highest BCUT2D eigenvalue weighted by atomic mass is 16.4. The van der Waals surface area contributed by atoms with Crippen LogP contribution in [-0.4, -0.2) is 34.0 Å². The van der Waals surface area contributed by atoms with Crippen LogP contribution in [0.3, 0.4) is 0 Å². The van der Waals surface area contributed by atoms with Gasteiger partial charge in [0, 0.05) is 12.5 Å². The van der Waals surface area contributed by atoms with Gasteiger partial charge >= 0.3 is 5.97 Å². The predicted octanol–water partition coefficient (Wildman–Crippen LogP) is 2.59. The number of carbonyl (C=O) groups is 2. The van der Waals surface area contributed by atoms with Gasteiger partial charge in [0.2, 0.25) is 5.91 Å². The normalized spacial score (nSPS) is 36.1. The number of allylic oxidation sites excluding steroid dienone is 2. The second-order valence-corrected chi connectivity index (χ2v) is 6.47. The van der Waals surface area contributed by atoms with Crippen molar-refractivity contribution in [3.05, 3.63) is 12.2 Å². The third kappa shape index (κ3) is 2.48. The molecule has 2 fully saturated rings. The Morgan fingerprint density at radius 3 is 2.70 bits per heavy atom. The minimum Gasteiger partial charge on any atom is -0.480 e. The molecule has 4 nitrogen and oxygen atoms in total. The number of carbonyl (C=O) groups excluding carboxylic acids is 1. The average Bonchev–Trinajstić information content (AvgIpc) is 3.04. The van der Waals surface area contributed by atoms with Crippen molar-refractivity contribution in [1.29, 1.82) is 0 Å². The summed E-state index contributed by atoms with van der Waals surface area (Å²) >= 11 is 0. The average molecular weight is 277 g/mol. The van der Waals surface area contributed by atoms with Crippen molar-refractivity contribution in [2.45, 2.75) is 63.5 Å². The number of aliphatic carboxylic acids is 1. The summed E-state index contributed by atoms with van der Waals surface area (Å²) in [4.78, 5) is 25.8. The molecule has 1 heterocycles. The van der Waals surface area contributed by atoms with Crippen LogP contribution in [0.5, 0.6) is 0 Å². The van der Waals surface area contributed by atoms with Crippen molar-refractivity contribution in [3.8, 4) is 0 Å². The Hall–Kier alpha value is -1.32. The lowest BCUT2D eigenvalue weighted by molar-refractivity contribution is -0.150. The second kappa shape index (κ2) is 5.58. The summed E-state index contributed by atoms with van der Waals surface area (Å²) in [6, 6.07) is -0.399. The van der Waals surface area contributed by atoms with Gasteiger partial charge in [-0.05, 0) is 43.9 Å². The summed E-state index contributed by atoms with van der Waals surface area (Å²) in [7, 11) is 0. The Labute approximate surface area is 119 Å². The maximum atomic E-state index is 12.6. The summed E-state index contributed by atoms with van der Waals surface area (Å²) in [6.07, 6.45) is 11.8. The molecule has 0 spiro atoms. The van der Waals surface area contributed by atoms with Gasteiger partial charge in [0.1, 0.15) is 6.04 Å². The van der Waals surface area contributed by atoms with E-state index in [-0.39, 0.29) is 11.9 Å². The van der Waals surface area contributed by atoms with Gasteiger partial charge in [-0.2, -0.15) is 0 Å². The summed E-state index contributed by atoms with van der Waals surface area (Å²) in [5, 5.41) is 9.43. The first-order chi connectivity index (χ1) is 9.66. The molecular formula is C16H23NO3. The van der Waals surface area contributed by atoms with Crippen molar-refractivity contribution < 1.29 is 14.7 Å². The Bertz CT molecular complexity index is 431. The van der Waals surface area contributed by atoms with Gasteiger partial charge in [0.15, 0.2) is 0 Å². The SMILES string of the molecule is O=C(O)[C@@H]1C[C@@H]2CCCC[C@H]2N1C(=O)C[C@@H]1C=CCC1. The lowest BCUT2D eigenvalue weighted by Crippen LogP contribution is -2.46.